The van der Waals surface area contributed by atoms with E-state index in [4.69, 9.17) is 9.84 Å². The molecule has 0 radical (unpaired) electrons. The van der Waals surface area contributed by atoms with E-state index in [1.54, 1.807) is 0 Å². The van der Waals surface area contributed by atoms with E-state index in [0.29, 0.717) is 37.7 Å². The van der Waals surface area contributed by atoms with Gasteiger partial charge in [0.2, 0.25) is 0 Å². The number of hydrogen-bond donors (Lipinski definition) is 2. The number of fused-ring (bicyclic) bond motifs is 1. The van der Waals surface area contributed by atoms with Crippen molar-refractivity contribution in [2.45, 2.75) is 13.0 Å². The Hall–Kier alpha value is -2.45. The number of morpholine rings is 1. The van der Waals surface area contributed by atoms with E-state index >= 15 is 0 Å². The Labute approximate surface area is 131 Å². The summed E-state index contributed by atoms with van der Waals surface area (Å²) in [6.45, 7) is 3.87. The zero-order valence-corrected chi connectivity index (χ0v) is 12.6. The first-order valence-electron chi connectivity index (χ1n) is 7.29. The number of pyridine rings is 1. The molecule has 0 aromatic carbocycles. The van der Waals surface area contributed by atoms with Crippen LogP contribution < -0.4 is 10.5 Å². The van der Waals surface area contributed by atoms with Gasteiger partial charge in [0.05, 0.1) is 24.9 Å². The van der Waals surface area contributed by atoms with Gasteiger partial charge in [-0.1, -0.05) is 0 Å². The van der Waals surface area contributed by atoms with Crippen molar-refractivity contribution >= 4 is 17.4 Å². The van der Waals surface area contributed by atoms with Crippen molar-refractivity contribution in [3.63, 3.8) is 0 Å². The molecule has 1 fully saturated rings. The molecule has 8 nitrogen and oxygen atoms in total. The Morgan fingerprint density at radius 2 is 2.04 bits per heavy atom. The number of nitrogens with zero attached hydrogens (tertiary/aromatic N) is 3. The van der Waals surface area contributed by atoms with Gasteiger partial charge in [0, 0.05) is 30.9 Å². The van der Waals surface area contributed by atoms with Crippen LogP contribution in [-0.2, 0) is 4.74 Å². The number of hydrogen-bond acceptors (Lipinski definition) is 6. The summed E-state index contributed by atoms with van der Waals surface area (Å²) in [6, 6.07) is 2.72. The van der Waals surface area contributed by atoms with E-state index < -0.39 is 12.1 Å². The number of rotatable bonds is 3. The molecule has 0 saturated carbocycles. The third kappa shape index (κ3) is 2.90. The zero-order chi connectivity index (χ0) is 16.6. The average molecular weight is 319 g/mol. The lowest BCUT2D eigenvalue weighted by molar-refractivity contribution is 0.0696. The standard InChI is InChI=1S/C15H17N3O5/c1-9(19)11-6-10(15(21)22)8-18-13(20)7-12(16-14(11)18)17-2-4-23-5-3-17/h6-9,19H,2-5H2,1H3,(H,21,22). The van der Waals surface area contributed by atoms with Crippen molar-refractivity contribution in [1.82, 2.24) is 9.38 Å². The molecule has 3 heterocycles. The Kier molecular flexibility index (Phi) is 4.01. The second-order valence-corrected chi connectivity index (χ2v) is 5.41. The minimum Gasteiger partial charge on any atom is -0.478 e. The molecule has 1 atom stereocenters. The van der Waals surface area contributed by atoms with E-state index in [2.05, 4.69) is 4.98 Å². The lowest BCUT2D eigenvalue weighted by atomic mass is 10.1. The van der Waals surface area contributed by atoms with Crippen molar-refractivity contribution in [2.75, 3.05) is 31.2 Å². The van der Waals surface area contributed by atoms with Crippen LogP contribution in [0.3, 0.4) is 0 Å². The molecule has 0 spiro atoms. The number of aliphatic hydroxyl groups excluding tert-OH is 1. The van der Waals surface area contributed by atoms with Crippen molar-refractivity contribution in [1.29, 1.82) is 0 Å². The van der Waals surface area contributed by atoms with Crippen LogP contribution in [0.5, 0.6) is 0 Å². The van der Waals surface area contributed by atoms with E-state index in [-0.39, 0.29) is 16.8 Å². The number of aromatic carboxylic acids is 1. The summed E-state index contributed by atoms with van der Waals surface area (Å²) in [6.07, 6.45) is 0.276. The molecule has 1 aliphatic heterocycles. The predicted molar refractivity (Wildman–Crippen MR) is 82.1 cm³/mol. The van der Waals surface area contributed by atoms with Crippen LogP contribution >= 0.6 is 0 Å². The van der Waals surface area contributed by atoms with Crippen LogP contribution in [0.15, 0.2) is 23.1 Å². The molecule has 0 bridgehead atoms. The highest BCUT2D eigenvalue weighted by Crippen LogP contribution is 2.21. The summed E-state index contributed by atoms with van der Waals surface area (Å²) in [7, 11) is 0. The van der Waals surface area contributed by atoms with Crippen molar-refractivity contribution in [3.05, 3.63) is 39.8 Å². The van der Waals surface area contributed by atoms with Gasteiger partial charge >= 0.3 is 5.97 Å². The summed E-state index contributed by atoms with van der Waals surface area (Å²) in [5, 5.41) is 19.1. The van der Waals surface area contributed by atoms with Gasteiger partial charge in [0.15, 0.2) is 0 Å². The predicted octanol–water partition coefficient (Wildman–Crippen LogP) is 0.283. The number of carboxylic acids is 1. The van der Waals surface area contributed by atoms with Crippen molar-refractivity contribution in [2.24, 2.45) is 0 Å². The molecule has 1 saturated heterocycles. The molecular weight excluding hydrogens is 302 g/mol. The Balaban J connectivity index is 2.22. The van der Waals surface area contributed by atoms with Crippen molar-refractivity contribution < 1.29 is 19.7 Å². The summed E-state index contributed by atoms with van der Waals surface area (Å²) in [5.41, 5.74) is 0.106. The molecule has 1 aliphatic rings. The van der Waals surface area contributed by atoms with Crippen LogP contribution in [0.2, 0.25) is 0 Å². The molecule has 2 aromatic heterocycles. The van der Waals surface area contributed by atoms with Crippen LogP contribution in [-0.4, -0.2) is 51.9 Å². The number of aromatic nitrogens is 2. The van der Waals surface area contributed by atoms with E-state index in [9.17, 15) is 14.7 Å². The fourth-order valence-corrected chi connectivity index (χ4v) is 2.59. The maximum atomic E-state index is 12.4. The third-order valence-electron chi connectivity index (χ3n) is 3.81. The Morgan fingerprint density at radius 3 is 2.65 bits per heavy atom. The van der Waals surface area contributed by atoms with E-state index in [1.165, 1.54) is 25.3 Å². The lowest BCUT2D eigenvalue weighted by Crippen LogP contribution is -2.37. The van der Waals surface area contributed by atoms with Crippen LogP contribution in [0.4, 0.5) is 5.82 Å². The van der Waals surface area contributed by atoms with Gasteiger partial charge in [-0.2, -0.15) is 0 Å². The van der Waals surface area contributed by atoms with Gasteiger partial charge < -0.3 is 19.8 Å². The Morgan fingerprint density at radius 1 is 1.35 bits per heavy atom. The quantitative estimate of drug-likeness (QED) is 0.837. The summed E-state index contributed by atoms with van der Waals surface area (Å²) in [4.78, 5) is 30.0. The second-order valence-electron chi connectivity index (χ2n) is 5.41. The molecule has 2 N–H and O–H groups in total. The van der Waals surface area contributed by atoms with Crippen LogP contribution in [0.1, 0.15) is 28.9 Å². The molecular formula is C15H17N3O5. The highest BCUT2D eigenvalue weighted by molar-refractivity contribution is 5.88. The topological polar surface area (TPSA) is 104 Å². The van der Waals surface area contributed by atoms with Gasteiger partial charge in [-0.15, -0.1) is 0 Å². The third-order valence-corrected chi connectivity index (χ3v) is 3.81. The zero-order valence-electron chi connectivity index (χ0n) is 12.6. The van der Waals surface area contributed by atoms with E-state index in [0.717, 1.165) is 4.40 Å². The first kappa shape index (κ1) is 15.4. The monoisotopic (exact) mass is 319 g/mol. The number of aliphatic hydroxyl groups is 1. The minimum absolute atomic E-state index is 0.0728. The highest BCUT2D eigenvalue weighted by Gasteiger charge is 2.18. The molecule has 1 unspecified atom stereocenters. The maximum absolute atomic E-state index is 12.4. The smallest absolute Gasteiger partial charge is 0.337 e. The highest BCUT2D eigenvalue weighted by atomic mass is 16.5. The van der Waals surface area contributed by atoms with Gasteiger partial charge in [0.1, 0.15) is 11.5 Å². The summed E-state index contributed by atoms with van der Waals surface area (Å²) < 4.78 is 6.45. The summed E-state index contributed by atoms with van der Waals surface area (Å²) >= 11 is 0. The van der Waals surface area contributed by atoms with Gasteiger partial charge in [0.25, 0.3) is 5.56 Å². The summed E-state index contributed by atoms with van der Waals surface area (Å²) in [5.74, 6) is -0.666. The first-order chi connectivity index (χ1) is 11.0. The normalized spacial score (nSPS) is 16.5. The molecule has 23 heavy (non-hydrogen) atoms. The molecule has 0 amide bonds. The molecule has 8 heteroatoms. The first-order valence-corrected chi connectivity index (χ1v) is 7.29. The Bertz CT molecular complexity index is 809. The van der Waals surface area contributed by atoms with E-state index in [1.807, 2.05) is 4.90 Å². The van der Waals surface area contributed by atoms with Gasteiger partial charge in [-0.25, -0.2) is 9.78 Å². The SMILES string of the molecule is CC(O)c1cc(C(=O)O)cn2c(=O)cc(N3CCOCC3)nc12. The van der Waals surface area contributed by atoms with Gasteiger partial charge in [-0.3, -0.25) is 9.20 Å². The largest absolute Gasteiger partial charge is 0.478 e. The fraction of sp³-hybridized carbons (Fsp3) is 0.400. The molecule has 122 valence electrons. The van der Waals surface area contributed by atoms with Crippen molar-refractivity contribution in [3.8, 4) is 0 Å². The fourth-order valence-electron chi connectivity index (χ4n) is 2.59. The molecule has 3 rings (SSSR count). The number of carbonyl (C=O) groups is 1. The lowest BCUT2D eigenvalue weighted by Gasteiger charge is -2.28. The van der Waals surface area contributed by atoms with Gasteiger partial charge in [-0.05, 0) is 13.0 Å². The molecule has 2 aromatic rings. The number of carboxylic acid groups (broad SMARTS) is 1. The number of ether oxygens (including phenoxy) is 1. The van der Waals surface area contributed by atoms with Crippen LogP contribution in [0, 0.1) is 0 Å². The average Bonchev–Trinajstić information content (AvgIpc) is 2.54. The molecule has 0 aliphatic carbocycles. The minimum atomic E-state index is -1.17. The number of anilines is 1. The maximum Gasteiger partial charge on any atom is 0.337 e. The van der Waals surface area contributed by atoms with Crippen LogP contribution in [0.25, 0.3) is 5.65 Å². The second kappa shape index (κ2) is 5.98.